The Balaban J connectivity index is 1.62. The van der Waals surface area contributed by atoms with Crippen LogP contribution in [0.4, 0.5) is 0 Å². The first-order valence-electron chi connectivity index (χ1n) is 9.19. The molecule has 0 aliphatic rings. The molecule has 0 bridgehead atoms. The summed E-state index contributed by atoms with van der Waals surface area (Å²) < 4.78 is 7.30. The molecule has 0 saturated heterocycles. The summed E-state index contributed by atoms with van der Waals surface area (Å²) in [6.45, 7) is 2.13. The maximum Gasteiger partial charge on any atom is 0.240 e. The molecule has 0 radical (unpaired) electrons. The Morgan fingerprint density at radius 3 is 2.61 bits per heavy atom. The first-order valence-corrected chi connectivity index (χ1v) is 9.60. The second-order valence-corrected chi connectivity index (χ2v) is 7.05. The van der Waals surface area contributed by atoms with Crippen LogP contribution in [-0.2, 0) is 17.8 Å². The van der Waals surface area contributed by atoms with Crippen molar-refractivity contribution in [2.75, 3.05) is 7.11 Å². The number of ether oxygens (including phenoxy) is 1. The fraction of sp³-hybridized carbons (Fsp3) is 0.286. The van der Waals surface area contributed by atoms with E-state index >= 15 is 0 Å². The van der Waals surface area contributed by atoms with Crippen LogP contribution in [0.15, 0.2) is 54.6 Å². The van der Waals surface area contributed by atoms with Gasteiger partial charge in [-0.1, -0.05) is 30.3 Å². The fourth-order valence-electron chi connectivity index (χ4n) is 2.99. The van der Waals surface area contributed by atoms with Crippen molar-refractivity contribution in [1.82, 2.24) is 20.1 Å². The lowest BCUT2D eigenvalue weighted by molar-refractivity contribution is -0.122. The van der Waals surface area contributed by atoms with Crippen LogP contribution in [-0.4, -0.2) is 33.8 Å². The molecule has 0 aliphatic heterocycles. The molecule has 1 aromatic heterocycles. The summed E-state index contributed by atoms with van der Waals surface area (Å²) in [6, 6.07) is 17.8. The topological polar surface area (TPSA) is 71.9 Å². The second kappa shape index (κ2) is 9.32. The van der Waals surface area contributed by atoms with Crippen LogP contribution in [0.25, 0.3) is 11.4 Å². The molecule has 1 amide bonds. The van der Waals surface area contributed by atoms with Gasteiger partial charge in [0.05, 0.1) is 7.11 Å². The highest BCUT2D eigenvalue weighted by atomic mass is 32.1. The Labute approximate surface area is 169 Å². The van der Waals surface area contributed by atoms with Crippen molar-refractivity contribution < 1.29 is 9.53 Å². The van der Waals surface area contributed by atoms with E-state index in [1.165, 1.54) is 5.56 Å². The molecule has 1 atom stereocenters. The van der Waals surface area contributed by atoms with Gasteiger partial charge in [0.15, 0.2) is 10.6 Å². The lowest BCUT2D eigenvalue weighted by atomic mass is 10.1. The van der Waals surface area contributed by atoms with Crippen LogP contribution in [0.3, 0.4) is 0 Å². The Morgan fingerprint density at radius 2 is 1.93 bits per heavy atom. The monoisotopic (exact) mass is 396 g/mol. The molecule has 3 rings (SSSR count). The lowest BCUT2D eigenvalue weighted by Gasteiger charge is -2.15. The number of H-pyrrole nitrogens is 1. The summed E-state index contributed by atoms with van der Waals surface area (Å²) in [6.07, 6.45) is 1.79. The van der Waals surface area contributed by atoms with Crippen molar-refractivity contribution in [1.29, 1.82) is 0 Å². The molecular formula is C21H24N4O2S. The maximum absolute atomic E-state index is 12.5. The third kappa shape index (κ3) is 5.07. The first kappa shape index (κ1) is 19.8. The largest absolute Gasteiger partial charge is 0.497 e. The summed E-state index contributed by atoms with van der Waals surface area (Å²) in [5, 5.41) is 10.1. The molecule has 6 nitrogen and oxygen atoms in total. The van der Waals surface area contributed by atoms with Gasteiger partial charge in [-0.05, 0) is 61.8 Å². The van der Waals surface area contributed by atoms with Gasteiger partial charge in [-0.2, -0.15) is 5.10 Å². The van der Waals surface area contributed by atoms with Crippen molar-refractivity contribution >= 4 is 18.1 Å². The molecular weight excluding hydrogens is 372 g/mol. The molecule has 146 valence electrons. The number of rotatable bonds is 8. The summed E-state index contributed by atoms with van der Waals surface area (Å²) in [5.41, 5.74) is 2.13. The molecule has 1 heterocycles. The van der Waals surface area contributed by atoms with Gasteiger partial charge in [-0.25, -0.2) is 0 Å². The minimum absolute atomic E-state index is 0.0678. The van der Waals surface area contributed by atoms with Gasteiger partial charge in [0, 0.05) is 11.6 Å². The standard InChI is InChI=1S/C21H24N4O2S/c1-15(8-9-16-6-4-3-5-7-16)22-19(26)14-25-20(23-24-21(25)28)17-10-12-18(27-2)13-11-17/h3-7,10-13,15H,8-9,14H2,1-2H3,(H,22,26)(H,24,28). The number of benzene rings is 2. The third-order valence-corrected chi connectivity index (χ3v) is 4.84. The lowest BCUT2D eigenvalue weighted by Crippen LogP contribution is -2.35. The molecule has 0 aliphatic carbocycles. The molecule has 7 heteroatoms. The van der Waals surface area contributed by atoms with Crippen LogP contribution in [0.2, 0.25) is 0 Å². The van der Waals surface area contributed by atoms with Gasteiger partial charge in [-0.3, -0.25) is 14.5 Å². The molecule has 0 fully saturated rings. The van der Waals surface area contributed by atoms with Gasteiger partial charge in [-0.15, -0.1) is 0 Å². The number of aromatic nitrogens is 3. The number of nitrogens with one attached hydrogen (secondary N) is 2. The van der Waals surface area contributed by atoms with Crippen LogP contribution in [0.5, 0.6) is 5.75 Å². The van der Waals surface area contributed by atoms with E-state index in [-0.39, 0.29) is 18.5 Å². The highest BCUT2D eigenvalue weighted by Crippen LogP contribution is 2.20. The minimum atomic E-state index is -0.0900. The van der Waals surface area contributed by atoms with Crippen molar-refractivity contribution in [2.45, 2.75) is 32.4 Å². The summed E-state index contributed by atoms with van der Waals surface area (Å²) >= 11 is 5.31. The molecule has 1 unspecified atom stereocenters. The number of amides is 1. The molecule has 3 aromatic rings. The molecule has 28 heavy (non-hydrogen) atoms. The van der Waals surface area contributed by atoms with E-state index in [4.69, 9.17) is 17.0 Å². The van der Waals surface area contributed by atoms with Gasteiger partial charge >= 0.3 is 0 Å². The summed E-state index contributed by atoms with van der Waals surface area (Å²) in [7, 11) is 1.62. The Kier molecular flexibility index (Phi) is 6.60. The smallest absolute Gasteiger partial charge is 0.240 e. The number of aromatic amines is 1. The van der Waals surface area contributed by atoms with Crippen molar-refractivity contribution in [2.24, 2.45) is 0 Å². The summed E-state index contributed by atoms with van der Waals surface area (Å²) in [4.78, 5) is 12.5. The summed E-state index contributed by atoms with van der Waals surface area (Å²) in [5.74, 6) is 1.29. The van der Waals surface area contributed by atoms with Crippen molar-refractivity contribution in [3.63, 3.8) is 0 Å². The highest BCUT2D eigenvalue weighted by molar-refractivity contribution is 7.71. The van der Waals surface area contributed by atoms with Crippen LogP contribution < -0.4 is 10.1 Å². The number of methoxy groups -OCH3 is 1. The zero-order chi connectivity index (χ0) is 19.9. The molecule has 2 aromatic carbocycles. The van der Waals surface area contributed by atoms with Gasteiger partial charge in [0.1, 0.15) is 12.3 Å². The minimum Gasteiger partial charge on any atom is -0.497 e. The normalized spacial score (nSPS) is 11.8. The average Bonchev–Trinajstić information content (AvgIpc) is 3.07. The molecule has 0 saturated carbocycles. The number of hydrogen-bond donors (Lipinski definition) is 2. The van der Waals surface area contributed by atoms with E-state index in [1.807, 2.05) is 49.4 Å². The van der Waals surface area contributed by atoms with E-state index in [0.717, 1.165) is 24.2 Å². The van der Waals surface area contributed by atoms with E-state index in [1.54, 1.807) is 11.7 Å². The zero-order valence-electron chi connectivity index (χ0n) is 16.0. The van der Waals surface area contributed by atoms with Crippen LogP contribution in [0.1, 0.15) is 18.9 Å². The maximum atomic E-state index is 12.5. The number of hydrogen-bond acceptors (Lipinski definition) is 4. The van der Waals surface area contributed by atoms with Gasteiger partial charge in [0.2, 0.25) is 5.91 Å². The quantitative estimate of drug-likeness (QED) is 0.569. The Morgan fingerprint density at radius 1 is 1.21 bits per heavy atom. The Bertz CT molecular complexity index is 964. The second-order valence-electron chi connectivity index (χ2n) is 6.66. The number of carbonyl (C=O) groups is 1. The van der Waals surface area contributed by atoms with Crippen LogP contribution >= 0.6 is 12.2 Å². The van der Waals surface area contributed by atoms with Crippen molar-refractivity contribution in [3.05, 3.63) is 64.9 Å². The first-order chi connectivity index (χ1) is 13.6. The van der Waals surface area contributed by atoms with E-state index in [2.05, 4.69) is 27.6 Å². The van der Waals surface area contributed by atoms with Gasteiger partial charge in [0.25, 0.3) is 0 Å². The number of aryl methyl sites for hydroxylation is 1. The van der Waals surface area contributed by atoms with E-state index < -0.39 is 0 Å². The Hall–Kier alpha value is -2.93. The molecule has 0 spiro atoms. The average molecular weight is 397 g/mol. The zero-order valence-corrected chi connectivity index (χ0v) is 16.8. The SMILES string of the molecule is COc1ccc(-c2n[nH]c(=S)n2CC(=O)NC(C)CCc2ccccc2)cc1. The predicted molar refractivity (Wildman–Crippen MR) is 112 cm³/mol. The highest BCUT2D eigenvalue weighted by Gasteiger charge is 2.14. The molecule has 2 N–H and O–H groups in total. The van der Waals surface area contributed by atoms with Crippen LogP contribution in [0, 0.1) is 4.77 Å². The predicted octanol–water partition coefficient (Wildman–Crippen LogP) is 3.75. The van der Waals surface area contributed by atoms with E-state index in [0.29, 0.717) is 10.6 Å². The number of nitrogens with zero attached hydrogens (tertiary/aromatic N) is 2. The third-order valence-electron chi connectivity index (χ3n) is 4.52. The van der Waals surface area contributed by atoms with Gasteiger partial charge < -0.3 is 10.1 Å². The fourth-order valence-corrected chi connectivity index (χ4v) is 3.19. The number of carbonyl (C=O) groups excluding carboxylic acids is 1. The van der Waals surface area contributed by atoms with E-state index in [9.17, 15) is 4.79 Å². The van der Waals surface area contributed by atoms with Crippen molar-refractivity contribution in [3.8, 4) is 17.1 Å².